The Morgan fingerprint density at radius 2 is 0.829 bits per heavy atom. The molecule has 354 valence electrons. The quantitative estimate of drug-likeness (QED) is 0.148. The lowest BCUT2D eigenvalue weighted by molar-refractivity contribution is 0.669. The van der Waals surface area contributed by atoms with Crippen LogP contribution in [-0.4, -0.2) is 4.57 Å². The van der Waals surface area contributed by atoms with Crippen molar-refractivity contribution in [2.75, 3.05) is 4.90 Å². The van der Waals surface area contributed by atoms with Gasteiger partial charge in [0.1, 0.15) is 5.58 Å². The van der Waals surface area contributed by atoms with Crippen molar-refractivity contribution in [1.29, 1.82) is 0 Å². The fourth-order valence-corrected chi connectivity index (χ4v) is 13.5. The van der Waals surface area contributed by atoms with Crippen LogP contribution in [-0.2, 0) is 0 Å². The number of hydrogen-bond donors (Lipinski definition) is 0. The highest BCUT2D eigenvalue weighted by Gasteiger charge is 2.21. The van der Waals surface area contributed by atoms with E-state index < -0.39 is 0 Å². The van der Waals surface area contributed by atoms with Crippen molar-refractivity contribution in [3.63, 3.8) is 0 Å². The molecule has 76 heavy (non-hydrogen) atoms. The maximum Gasteiger partial charge on any atom is 0.159 e. The van der Waals surface area contributed by atoms with Gasteiger partial charge in [-0.1, -0.05) is 188 Å². The normalized spacial score (nSPS) is 11.9. The topological polar surface area (TPSA) is 21.3 Å². The van der Waals surface area contributed by atoms with Gasteiger partial charge in [0.05, 0.1) is 16.7 Å². The Balaban J connectivity index is 0.844. The fraction of sp³-hybridized carbons (Fsp3) is 0. The van der Waals surface area contributed by atoms with E-state index in [1.54, 1.807) is 0 Å². The first kappa shape index (κ1) is 42.7. The van der Waals surface area contributed by atoms with Gasteiger partial charge in [0.2, 0.25) is 0 Å². The van der Waals surface area contributed by atoms with Crippen molar-refractivity contribution in [3.8, 4) is 39.1 Å². The third kappa shape index (κ3) is 6.61. The van der Waals surface area contributed by atoms with Crippen LogP contribution in [0.4, 0.5) is 17.1 Å². The van der Waals surface area contributed by atoms with Crippen molar-refractivity contribution in [3.05, 3.63) is 267 Å². The van der Waals surface area contributed by atoms with E-state index in [1.807, 2.05) is 23.5 Å². The van der Waals surface area contributed by atoms with E-state index in [0.29, 0.717) is 0 Å². The molecule has 13 aromatic carbocycles. The summed E-state index contributed by atoms with van der Waals surface area (Å²) < 4.78 is 11.7. The molecule has 0 unspecified atom stereocenters. The molecule has 4 heteroatoms. The summed E-state index contributed by atoms with van der Waals surface area (Å²) in [6.45, 7) is 0. The molecule has 0 amide bonds. The summed E-state index contributed by atoms with van der Waals surface area (Å²) in [4.78, 5) is 2.30. The molecule has 0 saturated carbocycles. The van der Waals surface area contributed by atoms with Crippen molar-refractivity contribution in [1.82, 2.24) is 4.57 Å². The van der Waals surface area contributed by atoms with E-state index in [4.69, 9.17) is 4.42 Å². The van der Waals surface area contributed by atoms with Crippen molar-refractivity contribution in [2.45, 2.75) is 0 Å². The van der Waals surface area contributed by atoms with Gasteiger partial charge in [0, 0.05) is 58.8 Å². The Morgan fingerprint density at radius 1 is 0.316 bits per heavy atom. The van der Waals surface area contributed by atoms with Crippen LogP contribution < -0.4 is 4.90 Å². The molecule has 0 saturated heterocycles. The number of thiophene rings is 1. The van der Waals surface area contributed by atoms with E-state index in [-0.39, 0.29) is 0 Å². The van der Waals surface area contributed by atoms with Gasteiger partial charge in [0.25, 0.3) is 0 Å². The maximum atomic E-state index is 6.61. The zero-order valence-corrected chi connectivity index (χ0v) is 41.9. The van der Waals surface area contributed by atoms with Crippen LogP contribution in [0.3, 0.4) is 0 Å². The summed E-state index contributed by atoms with van der Waals surface area (Å²) in [6, 6.07) is 97.7. The van der Waals surface area contributed by atoms with Gasteiger partial charge in [0.15, 0.2) is 5.58 Å². The van der Waals surface area contributed by atoms with Crippen LogP contribution in [0, 0.1) is 0 Å². The molecule has 0 N–H and O–H groups in total. The lowest BCUT2D eigenvalue weighted by atomic mass is 9.94. The third-order valence-electron chi connectivity index (χ3n) is 15.8. The first-order chi connectivity index (χ1) is 37.7. The summed E-state index contributed by atoms with van der Waals surface area (Å²) in [5.41, 5.74) is 15.5. The number of fused-ring (bicyclic) bond motifs is 15. The summed E-state index contributed by atoms with van der Waals surface area (Å²) in [6.07, 6.45) is 0. The lowest BCUT2D eigenvalue weighted by Gasteiger charge is -2.25. The van der Waals surface area contributed by atoms with Gasteiger partial charge in [-0.05, 0) is 145 Å². The highest BCUT2D eigenvalue weighted by Crippen LogP contribution is 2.45. The average Bonchev–Trinajstić information content (AvgIpc) is 4.30. The molecule has 3 aromatic heterocycles. The molecule has 0 radical (unpaired) electrons. The minimum absolute atomic E-state index is 0.867. The number of anilines is 3. The molecule has 0 aliphatic rings. The third-order valence-corrected chi connectivity index (χ3v) is 17.0. The minimum atomic E-state index is 0.867. The number of aromatic nitrogens is 1. The molecule has 0 atom stereocenters. The second-order valence-electron chi connectivity index (χ2n) is 19.9. The van der Waals surface area contributed by atoms with Crippen molar-refractivity contribution >= 4 is 125 Å². The summed E-state index contributed by atoms with van der Waals surface area (Å²) in [5, 5.41) is 14.9. The Hall–Kier alpha value is -9.74. The SMILES string of the molecule is c1ccc(N(c2ccc(-c3ccc4c(c3)c3cc(-c5ccc(-c6cccc7c6sc6ccccc67)cc5)ccc3n4-c3ccc4c5ccccc5c5ccccc5c4c3)cc2)c2cccc3c2oc2ccccc23)cc1. The van der Waals surface area contributed by atoms with Crippen LogP contribution in [0.5, 0.6) is 0 Å². The van der Waals surface area contributed by atoms with Gasteiger partial charge in [-0.25, -0.2) is 0 Å². The molecule has 0 spiro atoms. The van der Waals surface area contributed by atoms with Crippen molar-refractivity contribution < 1.29 is 4.42 Å². The molecular weight excluding hydrogens is 941 g/mol. The van der Waals surface area contributed by atoms with Crippen LogP contribution >= 0.6 is 11.3 Å². The number of benzene rings is 13. The van der Waals surface area contributed by atoms with E-state index in [0.717, 1.165) is 61.3 Å². The number of furan rings is 1. The van der Waals surface area contributed by atoms with Gasteiger partial charge in [-0.15, -0.1) is 11.3 Å². The fourth-order valence-electron chi connectivity index (χ4n) is 12.2. The molecule has 16 aromatic rings. The number of nitrogens with zero attached hydrogens (tertiary/aromatic N) is 2. The first-order valence-corrected chi connectivity index (χ1v) is 26.8. The predicted molar refractivity (Wildman–Crippen MR) is 324 cm³/mol. The highest BCUT2D eigenvalue weighted by molar-refractivity contribution is 7.26. The van der Waals surface area contributed by atoms with E-state index in [9.17, 15) is 0 Å². The number of rotatable bonds is 7. The molecule has 16 rings (SSSR count). The van der Waals surface area contributed by atoms with Gasteiger partial charge in [-0.3, -0.25) is 0 Å². The smallest absolute Gasteiger partial charge is 0.159 e. The summed E-state index contributed by atoms with van der Waals surface area (Å²) >= 11 is 1.88. The Kier molecular flexibility index (Phi) is 9.51. The molecule has 3 heterocycles. The Bertz CT molecular complexity index is 4950. The zero-order chi connectivity index (χ0) is 49.8. The van der Waals surface area contributed by atoms with Crippen LogP contribution in [0.25, 0.3) is 135 Å². The number of para-hydroxylation sites is 3. The largest absolute Gasteiger partial charge is 0.454 e. The van der Waals surface area contributed by atoms with Gasteiger partial charge in [-0.2, -0.15) is 0 Å². The predicted octanol–water partition coefficient (Wildman–Crippen LogP) is 21.0. The van der Waals surface area contributed by atoms with Crippen LogP contribution in [0.1, 0.15) is 0 Å². The average molecular weight is 985 g/mol. The van der Waals surface area contributed by atoms with E-state index >= 15 is 0 Å². The number of hydrogen-bond acceptors (Lipinski definition) is 3. The standard InChI is InChI=1S/C72H44N2OS/c1-2-14-50(15-3-1)73(68-25-13-23-61-59-20-8-10-26-69(59)75-71(61)68)51-36-32-46(33-37-51)49-35-41-67-65(43-49)64-42-48(45-28-30-47(31-29-45)53-22-12-24-62-60-21-9-11-27-70(60)76-72(53)62)34-40-66(64)74(67)52-38-39-58-56-18-5-4-16-54(56)55-17-6-7-19-57(55)63(58)44-52/h1-44H. The van der Waals surface area contributed by atoms with Crippen molar-refractivity contribution in [2.24, 2.45) is 0 Å². The zero-order valence-electron chi connectivity index (χ0n) is 41.1. The maximum absolute atomic E-state index is 6.61. The summed E-state index contributed by atoms with van der Waals surface area (Å²) in [7, 11) is 0. The minimum Gasteiger partial charge on any atom is -0.454 e. The monoisotopic (exact) mass is 984 g/mol. The summed E-state index contributed by atoms with van der Waals surface area (Å²) in [5.74, 6) is 0. The molecule has 0 bridgehead atoms. The molecule has 0 aliphatic heterocycles. The van der Waals surface area contributed by atoms with Gasteiger partial charge < -0.3 is 13.9 Å². The molecular formula is C72H44N2OS. The molecule has 3 nitrogen and oxygen atoms in total. The highest BCUT2D eigenvalue weighted by atomic mass is 32.1. The molecule has 0 fully saturated rings. The van der Waals surface area contributed by atoms with Crippen LogP contribution in [0.2, 0.25) is 0 Å². The lowest BCUT2D eigenvalue weighted by Crippen LogP contribution is -2.10. The van der Waals surface area contributed by atoms with E-state index in [1.165, 1.54) is 91.0 Å². The molecule has 0 aliphatic carbocycles. The first-order valence-electron chi connectivity index (χ1n) is 26.0. The van der Waals surface area contributed by atoms with E-state index in [2.05, 4.69) is 264 Å². The second-order valence-corrected chi connectivity index (χ2v) is 21.0. The van der Waals surface area contributed by atoms with Crippen LogP contribution in [0.15, 0.2) is 271 Å². The second kappa shape index (κ2) is 16.9. The Labute approximate surface area is 442 Å². The Morgan fingerprint density at radius 3 is 1.53 bits per heavy atom. The van der Waals surface area contributed by atoms with Gasteiger partial charge >= 0.3 is 0 Å².